The van der Waals surface area contributed by atoms with Gasteiger partial charge >= 0.3 is 12.1 Å². The number of halogens is 3. The van der Waals surface area contributed by atoms with Crippen LogP contribution in [0.25, 0.3) is 0 Å². The first kappa shape index (κ1) is 13.1. The molecule has 0 spiro atoms. The minimum Gasteiger partial charge on any atom is -0.478 e. The lowest BCUT2D eigenvalue weighted by atomic mass is 10.2. The normalized spacial score (nSPS) is 11.3. The van der Waals surface area contributed by atoms with E-state index in [0.29, 0.717) is 4.90 Å². The number of anilines is 2. The zero-order valence-corrected chi connectivity index (χ0v) is 8.82. The van der Waals surface area contributed by atoms with Gasteiger partial charge in [0, 0.05) is 7.05 Å². The lowest BCUT2D eigenvalue weighted by Crippen LogP contribution is -2.32. The summed E-state index contributed by atoms with van der Waals surface area (Å²) in [5.74, 6) is -1.65. The number of carboxylic acids is 1. The summed E-state index contributed by atoms with van der Waals surface area (Å²) in [4.78, 5) is 15.2. The Bertz CT molecular complexity index is 434. The van der Waals surface area contributed by atoms with Crippen molar-refractivity contribution in [1.82, 2.24) is 4.98 Å². The highest BCUT2D eigenvalue weighted by atomic mass is 19.4. The summed E-state index contributed by atoms with van der Waals surface area (Å²) >= 11 is 0. The smallest absolute Gasteiger partial charge is 0.405 e. The first-order valence-electron chi connectivity index (χ1n) is 4.47. The summed E-state index contributed by atoms with van der Waals surface area (Å²) in [7, 11) is 1.11. The van der Waals surface area contributed by atoms with Crippen molar-refractivity contribution in [2.24, 2.45) is 0 Å². The molecule has 17 heavy (non-hydrogen) atoms. The van der Waals surface area contributed by atoms with Crippen LogP contribution in [-0.4, -0.2) is 35.8 Å². The van der Waals surface area contributed by atoms with Gasteiger partial charge in [-0.2, -0.15) is 13.2 Å². The van der Waals surface area contributed by atoms with E-state index in [0.717, 1.165) is 19.3 Å². The summed E-state index contributed by atoms with van der Waals surface area (Å²) in [5.41, 5.74) is 5.04. The zero-order chi connectivity index (χ0) is 13.2. The van der Waals surface area contributed by atoms with Crippen molar-refractivity contribution in [2.45, 2.75) is 6.18 Å². The standard InChI is InChI=1S/C9H10F3N3O2/c1-15(4-9(10,11)12)7-6(8(16)17)2-5(13)3-14-7/h2-3H,4,13H2,1H3,(H,16,17). The van der Waals surface area contributed by atoms with Crippen LogP contribution in [0.3, 0.4) is 0 Å². The van der Waals surface area contributed by atoms with E-state index in [1.807, 2.05) is 0 Å². The van der Waals surface area contributed by atoms with Gasteiger partial charge in [0.1, 0.15) is 17.9 Å². The van der Waals surface area contributed by atoms with Gasteiger partial charge in [-0.05, 0) is 6.07 Å². The van der Waals surface area contributed by atoms with Crippen LogP contribution in [0.2, 0.25) is 0 Å². The molecule has 1 rings (SSSR count). The maximum atomic E-state index is 12.2. The van der Waals surface area contributed by atoms with E-state index in [9.17, 15) is 18.0 Å². The second kappa shape index (κ2) is 4.48. The van der Waals surface area contributed by atoms with Gasteiger partial charge < -0.3 is 15.7 Å². The summed E-state index contributed by atoms with van der Waals surface area (Å²) in [6, 6.07) is 1.07. The van der Waals surface area contributed by atoms with Crippen molar-refractivity contribution in [1.29, 1.82) is 0 Å². The number of nitrogens with two attached hydrogens (primary N) is 1. The number of pyridine rings is 1. The third kappa shape index (κ3) is 3.51. The van der Waals surface area contributed by atoms with Gasteiger partial charge in [0.25, 0.3) is 0 Å². The van der Waals surface area contributed by atoms with Crippen molar-refractivity contribution < 1.29 is 23.1 Å². The van der Waals surface area contributed by atoms with Crippen LogP contribution in [0.4, 0.5) is 24.7 Å². The molecule has 0 atom stereocenters. The minimum absolute atomic E-state index is 0.0755. The molecule has 0 radical (unpaired) electrons. The molecule has 0 amide bonds. The summed E-state index contributed by atoms with van der Waals surface area (Å²) in [5, 5.41) is 8.83. The highest BCUT2D eigenvalue weighted by Crippen LogP contribution is 2.23. The van der Waals surface area contributed by atoms with Gasteiger partial charge in [0.2, 0.25) is 0 Å². The van der Waals surface area contributed by atoms with Crippen LogP contribution < -0.4 is 10.6 Å². The number of aromatic nitrogens is 1. The topological polar surface area (TPSA) is 79.5 Å². The Kier molecular flexibility index (Phi) is 3.45. The Morgan fingerprint density at radius 3 is 2.65 bits per heavy atom. The number of aromatic carboxylic acids is 1. The van der Waals surface area contributed by atoms with E-state index >= 15 is 0 Å². The first-order chi connectivity index (χ1) is 7.70. The predicted octanol–water partition coefficient (Wildman–Crippen LogP) is 1.36. The number of carboxylic acid groups (broad SMARTS) is 1. The third-order valence-corrected chi connectivity index (χ3v) is 1.90. The largest absolute Gasteiger partial charge is 0.478 e. The molecule has 0 bridgehead atoms. The number of nitrogens with zero attached hydrogens (tertiary/aromatic N) is 2. The second-order valence-corrected chi connectivity index (χ2v) is 3.42. The molecule has 0 fully saturated rings. The van der Waals surface area contributed by atoms with Gasteiger partial charge in [-0.25, -0.2) is 9.78 Å². The van der Waals surface area contributed by atoms with Crippen LogP contribution in [0, 0.1) is 0 Å². The number of hydrogen-bond donors (Lipinski definition) is 2. The Balaban J connectivity index is 3.09. The quantitative estimate of drug-likeness (QED) is 0.845. The number of rotatable bonds is 3. The van der Waals surface area contributed by atoms with Gasteiger partial charge in [-0.1, -0.05) is 0 Å². The monoisotopic (exact) mass is 249 g/mol. The van der Waals surface area contributed by atoms with E-state index in [1.54, 1.807) is 0 Å². The van der Waals surface area contributed by atoms with Crippen molar-refractivity contribution >= 4 is 17.5 Å². The molecule has 0 saturated heterocycles. The predicted molar refractivity (Wildman–Crippen MR) is 54.9 cm³/mol. The van der Waals surface area contributed by atoms with E-state index in [2.05, 4.69) is 4.98 Å². The minimum atomic E-state index is -4.44. The Hall–Kier alpha value is -1.99. The van der Waals surface area contributed by atoms with E-state index in [1.165, 1.54) is 0 Å². The number of alkyl halides is 3. The summed E-state index contributed by atoms with van der Waals surface area (Å²) in [6.07, 6.45) is -3.33. The Morgan fingerprint density at radius 2 is 2.18 bits per heavy atom. The molecule has 0 aromatic carbocycles. The SMILES string of the molecule is CN(CC(F)(F)F)c1ncc(N)cc1C(=O)O. The summed E-state index contributed by atoms with van der Waals surface area (Å²) < 4.78 is 36.5. The van der Waals surface area contributed by atoms with Crippen molar-refractivity contribution in [3.63, 3.8) is 0 Å². The zero-order valence-electron chi connectivity index (χ0n) is 8.82. The Morgan fingerprint density at radius 1 is 1.59 bits per heavy atom. The fourth-order valence-corrected chi connectivity index (χ4v) is 1.28. The highest BCUT2D eigenvalue weighted by Gasteiger charge is 2.31. The maximum Gasteiger partial charge on any atom is 0.405 e. The van der Waals surface area contributed by atoms with E-state index in [-0.39, 0.29) is 17.1 Å². The van der Waals surface area contributed by atoms with Gasteiger partial charge in [0.05, 0.1) is 11.9 Å². The van der Waals surface area contributed by atoms with E-state index in [4.69, 9.17) is 10.8 Å². The fraction of sp³-hybridized carbons (Fsp3) is 0.333. The van der Waals surface area contributed by atoms with Gasteiger partial charge in [-0.3, -0.25) is 0 Å². The lowest BCUT2D eigenvalue weighted by Gasteiger charge is -2.21. The van der Waals surface area contributed by atoms with Crippen molar-refractivity contribution in [2.75, 3.05) is 24.2 Å². The molecule has 0 saturated carbocycles. The molecular formula is C9H10F3N3O2. The fourth-order valence-electron chi connectivity index (χ4n) is 1.28. The second-order valence-electron chi connectivity index (χ2n) is 3.42. The van der Waals surface area contributed by atoms with E-state index < -0.39 is 18.7 Å². The van der Waals surface area contributed by atoms with Crippen molar-refractivity contribution in [3.8, 4) is 0 Å². The third-order valence-electron chi connectivity index (χ3n) is 1.90. The lowest BCUT2D eigenvalue weighted by molar-refractivity contribution is -0.119. The molecule has 0 unspecified atom stereocenters. The number of hydrogen-bond acceptors (Lipinski definition) is 4. The Labute approximate surface area is 94.7 Å². The van der Waals surface area contributed by atoms with Crippen LogP contribution in [-0.2, 0) is 0 Å². The first-order valence-corrected chi connectivity index (χ1v) is 4.47. The molecule has 94 valence electrons. The molecule has 3 N–H and O–H groups in total. The van der Waals surface area contributed by atoms with Gasteiger partial charge in [0.15, 0.2) is 0 Å². The number of nitrogen functional groups attached to an aromatic ring is 1. The summed E-state index contributed by atoms with van der Waals surface area (Å²) in [6.45, 7) is -1.29. The molecule has 0 aliphatic carbocycles. The average molecular weight is 249 g/mol. The highest BCUT2D eigenvalue weighted by molar-refractivity contribution is 5.94. The van der Waals surface area contributed by atoms with Crippen LogP contribution in [0.1, 0.15) is 10.4 Å². The van der Waals surface area contributed by atoms with Crippen LogP contribution in [0.15, 0.2) is 12.3 Å². The maximum absolute atomic E-state index is 12.2. The van der Waals surface area contributed by atoms with Crippen molar-refractivity contribution in [3.05, 3.63) is 17.8 Å². The molecule has 5 nitrogen and oxygen atoms in total. The van der Waals surface area contributed by atoms with Crippen LogP contribution in [0.5, 0.6) is 0 Å². The molecule has 1 aromatic heterocycles. The average Bonchev–Trinajstić information content (AvgIpc) is 2.14. The molecule has 1 heterocycles. The number of carbonyl (C=O) groups is 1. The van der Waals surface area contributed by atoms with Crippen LogP contribution >= 0.6 is 0 Å². The molecule has 1 aromatic rings. The van der Waals surface area contributed by atoms with Gasteiger partial charge in [-0.15, -0.1) is 0 Å². The molecular weight excluding hydrogens is 239 g/mol. The molecule has 0 aliphatic heterocycles. The molecule has 8 heteroatoms. The molecule has 0 aliphatic rings.